The molecule has 6 heteroatoms. The van der Waals surface area contributed by atoms with Gasteiger partial charge in [0.15, 0.2) is 0 Å². The molecule has 1 aromatic rings. The first-order valence-corrected chi connectivity index (χ1v) is 8.78. The van der Waals surface area contributed by atoms with Gasteiger partial charge in [-0.25, -0.2) is 9.00 Å². The van der Waals surface area contributed by atoms with Crippen LogP contribution in [0.5, 0.6) is 0 Å². The Hall–Kier alpha value is -0.880. The molecule has 0 aliphatic rings. The van der Waals surface area contributed by atoms with Crippen molar-refractivity contribution in [3.8, 4) is 0 Å². The number of rotatable bonds is 2. The highest BCUT2D eigenvalue weighted by Gasteiger charge is 2.18. The Bertz CT molecular complexity index is 584. The maximum absolute atomic E-state index is 12.5. The normalized spacial score (nSPS) is 14.6. The molecule has 1 amide bonds. The summed E-state index contributed by atoms with van der Waals surface area (Å²) in [6.45, 7) is 5.22. The fourth-order valence-electron chi connectivity index (χ4n) is 1.34. The lowest BCUT2D eigenvalue weighted by atomic mass is 10.2. The van der Waals surface area contributed by atoms with Crippen LogP contribution in [0.1, 0.15) is 26.3 Å². The van der Waals surface area contributed by atoms with Gasteiger partial charge in [0.25, 0.3) is 0 Å². The minimum absolute atomic E-state index is 0.523. The lowest BCUT2D eigenvalue weighted by molar-refractivity contribution is 0.0607. The van der Waals surface area contributed by atoms with Crippen molar-refractivity contribution in [3.05, 3.63) is 29.8 Å². The van der Waals surface area contributed by atoms with Crippen LogP contribution in [0.2, 0.25) is 0 Å². The van der Waals surface area contributed by atoms with Crippen LogP contribution < -0.4 is 0 Å². The van der Waals surface area contributed by atoms with Crippen molar-refractivity contribution in [1.82, 2.24) is 0 Å². The average Bonchev–Trinajstić information content (AvgIpc) is 2.25. The SMILES string of the molecule is CC(C)(C)OC(=O)N=S(C)(=O)c1cccc(CBr)c1. The molecule has 1 unspecified atom stereocenters. The zero-order valence-corrected chi connectivity index (χ0v) is 13.9. The second-order valence-electron chi connectivity index (χ2n) is 5.16. The molecule has 1 aromatic carbocycles. The molecule has 0 spiro atoms. The van der Waals surface area contributed by atoms with E-state index in [2.05, 4.69) is 20.3 Å². The predicted molar refractivity (Wildman–Crippen MR) is 80.1 cm³/mol. The monoisotopic (exact) mass is 347 g/mol. The third-order valence-electron chi connectivity index (χ3n) is 2.13. The van der Waals surface area contributed by atoms with Gasteiger partial charge in [0, 0.05) is 16.5 Å². The smallest absolute Gasteiger partial charge is 0.442 e. The van der Waals surface area contributed by atoms with Crippen molar-refractivity contribution >= 4 is 31.8 Å². The van der Waals surface area contributed by atoms with E-state index >= 15 is 0 Å². The Kier molecular flexibility index (Phi) is 5.15. The second kappa shape index (κ2) is 6.05. The van der Waals surface area contributed by atoms with Gasteiger partial charge in [0.05, 0.1) is 9.73 Å². The second-order valence-corrected chi connectivity index (χ2v) is 7.97. The van der Waals surface area contributed by atoms with Crippen LogP contribution in [0.25, 0.3) is 0 Å². The number of hydrogen-bond donors (Lipinski definition) is 0. The van der Waals surface area contributed by atoms with E-state index in [9.17, 15) is 9.00 Å². The molecular formula is C13H18BrNO3S. The van der Waals surface area contributed by atoms with E-state index < -0.39 is 21.4 Å². The molecule has 0 heterocycles. The molecule has 0 saturated heterocycles. The number of amides is 1. The topological polar surface area (TPSA) is 55.7 Å². The zero-order valence-electron chi connectivity index (χ0n) is 11.5. The molecule has 4 nitrogen and oxygen atoms in total. The van der Waals surface area contributed by atoms with Gasteiger partial charge in [-0.2, -0.15) is 0 Å². The van der Waals surface area contributed by atoms with E-state index in [1.807, 2.05) is 6.07 Å². The van der Waals surface area contributed by atoms with Gasteiger partial charge in [0.2, 0.25) is 0 Å². The Balaban J connectivity index is 3.09. The van der Waals surface area contributed by atoms with Gasteiger partial charge >= 0.3 is 6.09 Å². The summed E-state index contributed by atoms with van der Waals surface area (Å²) in [7, 11) is -2.78. The highest BCUT2D eigenvalue weighted by molar-refractivity contribution is 9.08. The molecule has 0 saturated carbocycles. The quantitative estimate of drug-likeness (QED) is 0.760. The number of ether oxygens (including phenoxy) is 1. The Morgan fingerprint density at radius 1 is 1.42 bits per heavy atom. The van der Waals surface area contributed by atoms with Crippen molar-refractivity contribution in [1.29, 1.82) is 0 Å². The van der Waals surface area contributed by atoms with Crippen molar-refractivity contribution < 1.29 is 13.7 Å². The number of carbonyl (C=O) groups is 1. The molecule has 0 aliphatic heterocycles. The lowest BCUT2D eigenvalue weighted by Crippen LogP contribution is -2.22. The molecule has 0 radical (unpaired) electrons. The van der Waals surface area contributed by atoms with E-state index in [0.717, 1.165) is 5.56 Å². The lowest BCUT2D eigenvalue weighted by Gasteiger charge is -2.17. The first-order valence-electron chi connectivity index (χ1n) is 5.74. The van der Waals surface area contributed by atoms with Gasteiger partial charge in [0.1, 0.15) is 5.60 Å². The van der Waals surface area contributed by atoms with Crippen LogP contribution in [-0.2, 0) is 19.8 Å². The highest BCUT2D eigenvalue weighted by Crippen LogP contribution is 2.17. The summed E-state index contributed by atoms with van der Waals surface area (Å²) in [5, 5.41) is 0.656. The maximum atomic E-state index is 12.5. The summed E-state index contributed by atoms with van der Waals surface area (Å²) >= 11 is 3.33. The molecule has 0 aliphatic carbocycles. The maximum Gasteiger partial charge on any atom is 0.442 e. The van der Waals surface area contributed by atoms with Crippen LogP contribution >= 0.6 is 15.9 Å². The number of benzene rings is 1. The Morgan fingerprint density at radius 2 is 2.05 bits per heavy atom. The van der Waals surface area contributed by atoms with Crippen molar-refractivity contribution in [2.75, 3.05) is 6.26 Å². The molecule has 0 N–H and O–H groups in total. The molecule has 1 rings (SSSR count). The standard InChI is InChI=1S/C13H18BrNO3S/c1-13(2,3)18-12(16)15-19(4,17)11-7-5-6-10(8-11)9-14/h5-8H,9H2,1-4H3. The van der Waals surface area contributed by atoms with Crippen LogP contribution in [-0.4, -0.2) is 22.2 Å². The molecular weight excluding hydrogens is 330 g/mol. The minimum Gasteiger partial charge on any atom is -0.442 e. The fourth-order valence-corrected chi connectivity index (χ4v) is 2.82. The summed E-state index contributed by atoms with van der Waals surface area (Å²) in [6, 6.07) is 7.16. The van der Waals surface area contributed by atoms with Crippen LogP contribution in [0.15, 0.2) is 33.5 Å². The Morgan fingerprint density at radius 3 is 2.58 bits per heavy atom. The summed E-state index contributed by atoms with van der Waals surface area (Å²) in [4.78, 5) is 12.1. The molecule has 106 valence electrons. The largest absolute Gasteiger partial charge is 0.442 e. The van der Waals surface area contributed by atoms with Gasteiger partial charge in [-0.1, -0.05) is 28.1 Å². The summed E-state index contributed by atoms with van der Waals surface area (Å²) in [5.74, 6) is 0. The third-order valence-corrected chi connectivity index (χ3v) is 4.41. The van der Waals surface area contributed by atoms with E-state index in [-0.39, 0.29) is 0 Å². The number of halogens is 1. The van der Waals surface area contributed by atoms with Crippen molar-refractivity contribution in [3.63, 3.8) is 0 Å². The van der Waals surface area contributed by atoms with Crippen molar-refractivity contribution in [2.24, 2.45) is 4.36 Å². The van der Waals surface area contributed by atoms with Gasteiger partial charge in [-0.05, 0) is 38.5 Å². The van der Waals surface area contributed by atoms with E-state index in [4.69, 9.17) is 4.74 Å². The Labute approximate surface area is 122 Å². The van der Waals surface area contributed by atoms with Gasteiger partial charge in [-0.3, -0.25) is 0 Å². The first kappa shape index (κ1) is 16.2. The predicted octanol–water partition coefficient (Wildman–Crippen LogP) is 3.97. The summed E-state index contributed by atoms with van der Waals surface area (Å²) in [6.07, 6.45) is 0.633. The fraction of sp³-hybridized carbons (Fsp3) is 0.462. The molecule has 19 heavy (non-hydrogen) atoms. The number of hydrogen-bond acceptors (Lipinski definition) is 3. The van der Waals surface area contributed by atoms with E-state index in [0.29, 0.717) is 10.2 Å². The van der Waals surface area contributed by atoms with Crippen LogP contribution in [0.4, 0.5) is 4.79 Å². The molecule has 0 fully saturated rings. The number of alkyl halides is 1. The average molecular weight is 348 g/mol. The van der Waals surface area contributed by atoms with Gasteiger partial charge < -0.3 is 4.74 Å². The zero-order chi connectivity index (χ0) is 14.7. The van der Waals surface area contributed by atoms with Gasteiger partial charge in [-0.15, -0.1) is 4.36 Å². The minimum atomic E-state index is -2.78. The van der Waals surface area contributed by atoms with Crippen molar-refractivity contribution in [2.45, 2.75) is 36.6 Å². The van der Waals surface area contributed by atoms with E-state index in [1.165, 1.54) is 6.26 Å². The van der Waals surface area contributed by atoms with Crippen LogP contribution in [0, 0.1) is 0 Å². The third kappa shape index (κ3) is 5.32. The number of carbonyl (C=O) groups excluding carboxylic acids is 1. The highest BCUT2D eigenvalue weighted by atomic mass is 79.9. The molecule has 1 atom stereocenters. The molecule has 0 bridgehead atoms. The first-order chi connectivity index (χ1) is 8.64. The number of nitrogens with zero attached hydrogens (tertiary/aromatic N) is 1. The van der Waals surface area contributed by atoms with Crippen LogP contribution in [0.3, 0.4) is 0 Å². The van der Waals surface area contributed by atoms with E-state index in [1.54, 1.807) is 39.0 Å². The summed E-state index contributed by atoms with van der Waals surface area (Å²) < 4.78 is 21.2. The summed E-state index contributed by atoms with van der Waals surface area (Å²) in [5.41, 5.74) is 0.333. The molecule has 0 aromatic heterocycles.